The van der Waals surface area contributed by atoms with Crippen LogP contribution in [0.4, 0.5) is 5.69 Å². The number of carbonyl (C=O) groups is 2. The van der Waals surface area contributed by atoms with Crippen molar-refractivity contribution in [1.29, 1.82) is 0 Å². The minimum atomic E-state index is -0.383. The monoisotopic (exact) mass is 501 g/mol. The molecule has 170 valence electrons. The van der Waals surface area contributed by atoms with E-state index < -0.39 is 0 Å². The summed E-state index contributed by atoms with van der Waals surface area (Å²) in [7, 11) is 0. The van der Waals surface area contributed by atoms with Crippen LogP contribution in [0.25, 0.3) is 20.9 Å². The number of aromatic nitrogens is 2. The van der Waals surface area contributed by atoms with E-state index >= 15 is 0 Å². The van der Waals surface area contributed by atoms with Crippen LogP contribution in [-0.4, -0.2) is 34.4 Å². The number of nitrogens with zero attached hydrogens (tertiary/aromatic N) is 2. The van der Waals surface area contributed by atoms with Crippen LogP contribution < -0.4 is 5.32 Å². The second-order valence-corrected chi connectivity index (χ2v) is 9.39. The Morgan fingerprint density at radius 2 is 1.94 bits per heavy atom. The van der Waals surface area contributed by atoms with Crippen LogP contribution in [0.1, 0.15) is 30.1 Å². The first-order valence-electron chi connectivity index (χ1n) is 10.3. The first kappa shape index (κ1) is 23.3. The van der Waals surface area contributed by atoms with Crippen molar-refractivity contribution in [2.24, 2.45) is 0 Å². The summed E-state index contributed by atoms with van der Waals surface area (Å²) in [4.78, 5) is 24.6. The molecule has 0 bridgehead atoms. The van der Waals surface area contributed by atoms with Gasteiger partial charge in [-0.05, 0) is 43.7 Å². The van der Waals surface area contributed by atoms with Gasteiger partial charge in [0.05, 0.1) is 17.2 Å². The van der Waals surface area contributed by atoms with E-state index in [0.717, 1.165) is 15.0 Å². The predicted octanol–water partition coefficient (Wildman–Crippen LogP) is 6.29. The van der Waals surface area contributed by atoms with Gasteiger partial charge in [-0.15, -0.1) is 21.5 Å². The third kappa shape index (κ3) is 5.73. The number of carbonyl (C=O) groups excluding carboxylic acids is 2. The van der Waals surface area contributed by atoms with Crippen LogP contribution in [0.3, 0.4) is 0 Å². The highest BCUT2D eigenvalue weighted by Gasteiger charge is 2.17. The first-order chi connectivity index (χ1) is 16.0. The first-order valence-corrected chi connectivity index (χ1v) is 12.4. The molecule has 2 heterocycles. The van der Waals surface area contributed by atoms with Crippen molar-refractivity contribution in [1.82, 2.24) is 10.2 Å². The molecule has 0 spiro atoms. The largest absolute Gasteiger partial charge is 0.462 e. The smallest absolute Gasteiger partial charge is 0.338 e. The van der Waals surface area contributed by atoms with Crippen LogP contribution in [-0.2, 0) is 9.53 Å². The van der Waals surface area contributed by atoms with Gasteiger partial charge in [0, 0.05) is 27.9 Å². The van der Waals surface area contributed by atoms with E-state index in [-0.39, 0.29) is 11.9 Å². The van der Waals surface area contributed by atoms with Crippen molar-refractivity contribution in [3.05, 3.63) is 59.1 Å². The number of thiophene rings is 1. The van der Waals surface area contributed by atoms with E-state index in [2.05, 4.69) is 15.5 Å². The number of esters is 1. The van der Waals surface area contributed by atoms with Crippen molar-refractivity contribution in [3.8, 4) is 10.8 Å². The van der Waals surface area contributed by atoms with Gasteiger partial charge in [-0.3, -0.25) is 4.79 Å². The van der Waals surface area contributed by atoms with Gasteiger partial charge in [0.15, 0.2) is 0 Å². The summed E-state index contributed by atoms with van der Waals surface area (Å²) < 4.78 is 11.8. The standard InChI is InChI=1S/C23H20ClN3O4S2/c1-2-30-22(29)14-9-11-15(12-10-14)25-18(28)8-5-13-32-23-27-26-21(31-23)20-19(24)16-6-3-4-7-17(16)33-20/h3-4,6-7,9-12H,2,5,8,13H2,1H3,(H,25,28). The van der Waals surface area contributed by atoms with Crippen molar-refractivity contribution < 1.29 is 18.7 Å². The van der Waals surface area contributed by atoms with E-state index in [0.29, 0.717) is 52.6 Å². The maximum atomic E-state index is 12.2. The Balaban J connectivity index is 1.24. The van der Waals surface area contributed by atoms with Gasteiger partial charge in [-0.25, -0.2) is 4.79 Å². The number of anilines is 1. The minimum Gasteiger partial charge on any atom is -0.462 e. The van der Waals surface area contributed by atoms with E-state index in [1.165, 1.54) is 23.1 Å². The second-order valence-electron chi connectivity index (χ2n) is 6.91. The lowest BCUT2D eigenvalue weighted by Gasteiger charge is -2.06. The van der Waals surface area contributed by atoms with Crippen LogP contribution in [0.2, 0.25) is 5.02 Å². The number of nitrogens with one attached hydrogen (secondary N) is 1. The maximum absolute atomic E-state index is 12.2. The number of amides is 1. The van der Waals surface area contributed by atoms with Crippen molar-refractivity contribution in [3.63, 3.8) is 0 Å². The highest BCUT2D eigenvalue weighted by atomic mass is 35.5. The number of ether oxygens (including phenoxy) is 1. The minimum absolute atomic E-state index is 0.109. The Hall–Kier alpha value is -2.88. The van der Waals surface area contributed by atoms with Gasteiger partial charge < -0.3 is 14.5 Å². The number of benzene rings is 2. The lowest BCUT2D eigenvalue weighted by molar-refractivity contribution is -0.116. The molecule has 2 aromatic carbocycles. The zero-order valence-corrected chi connectivity index (χ0v) is 20.1. The van der Waals surface area contributed by atoms with Crippen molar-refractivity contribution in [2.45, 2.75) is 25.0 Å². The molecule has 4 aromatic rings. The number of fused-ring (bicyclic) bond motifs is 1. The second kappa shape index (κ2) is 10.8. The summed E-state index contributed by atoms with van der Waals surface area (Å²) in [5.41, 5.74) is 1.07. The van der Waals surface area contributed by atoms with E-state index in [9.17, 15) is 9.59 Å². The number of hydrogen-bond donors (Lipinski definition) is 1. The van der Waals surface area contributed by atoms with Crippen molar-refractivity contribution >= 4 is 62.3 Å². The molecule has 10 heteroatoms. The molecule has 0 saturated carbocycles. The highest BCUT2D eigenvalue weighted by Crippen LogP contribution is 2.41. The fraction of sp³-hybridized carbons (Fsp3) is 0.217. The highest BCUT2D eigenvalue weighted by molar-refractivity contribution is 7.99. The van der Waals surface area contributed by atoms with Crippen LogP contribution >= 0.6 is 34.7 Å². The quantitative estimate of drug-likeness (QED) is 0.163. The van der Waals surface area contributed by atoms with Gasteiger partial charge in [0.25, 0.3) is 11.1 Å². The Labute approximate surface area is 203 Å². The number of halogens is 1. The normalized spacial score (nSPS) is 11.0. The fourth-order valence-corrected chi connectivity index (χ4v) is 5.16. The number of rotatable bonds is 9. The maximum Gasteiger partial charge on any atom is 0.338 e. The Kier molecular flexibility index (Phi) is 7.64. The summed E-state index contributed by atoms with van der Waals surface area (Å²) in [6.07, 6.45) is 0.981. The van der Waals surface area contributed by atoms with Crippen LogP contribution in [0.15, 0.2) is 58.2 Å². The van der Waals surface area contributed by atoms with Gasteiger partial charge in [0.2, 0.25) is 5.91 Å². The molecule has 1 N–H and O–H groups in total. The molecule has 4 rings (SSSR count). The third-order valence-corrected chi connectivity index (χ3v) is 7.16. The van der Waals surface area contributed by atoms with Crippen molar-refractivity contribution in [2.75, 3.05) is 17.7 Å². The average molecular weight is 502 g/mol. The van der Waals surface area contributed by atoms with Crippen LogP contribution in [0.5, 0.6) is 0 Å². The van der Waals surface area contributed by atoms with E-state index in [1.807, 2.05) is 24.3 Å². The molecule has 0 fully saturated rings. The van der Waals surface area contributed by atoms with Gasteiger partial charge in [0.1, 0.15) is 4.88 Å². The molecule has 0 radical (unpaired) electrons. The Bertz CT molecular complexity index is 1270. The van der Waals surface area contributed by atoms with Gasteiger partial charge >= 0.3 is 5.97 Å². The third-order valence-electron chi connectivity index (χ3n) is 4.59. The molecule has 7 nitrogen and oxygen atoms in total. The summed E-state index contributed by atoms with van der Waals surface area (Å²) in [5, 5.41) is 13.0. The molecule has 0 unspecified atom stereocenters. The Morgan fingerprint density at radius 1 is 1.15 bits per heavy atom. The number of hydrogen-bond acceptors (Lipinski definition) is 8. The molecule has 2 aromatic heterocycles. The molecule has 0 atom stereocenters. The molecular weight excluding hydrogens is 482 g/mol. The predicted molar refractivity (Wildman–Crippen MR) is 131 cm³/mol. The van der Waals surface area contributed by atoms with Gasteiger partial charge in [-0.2, -0.15) is 0 Å². The molecule has 0 aliphatic rings. The number of thioether (sulfide) groups is 1. The lowest BCUT2D eigenvalue weighted by Crippen LogP contribution is -2.12. The zero-order chi connectivity index (χ0) is 23.2. The van der Waals surface area contributed by atoms with Gasteiger partial charge in [-0.1, -0.05) is 41.6 Å². The topological polar surface area (TPSA) is 94.3 Å². The summed E-state index contributed by atoms with van der Waals surface area (Å²) >= 11 is 9.38. The molecule has 33 heavy (non-hydrogen) atoms. The summed E-state index contributed by atoms with van der Waals surface area (Å²) in [5.74, 6) is 0.554. The zero-order valence-electron chi connectivity index (χ0n) is 17.7. The van der Waals surface area contributed by atoms with E-state index in [4.69, 9.17) is 20.8 Å². The molecule has 1 amide bonds. The molecular formula is C23H20ClN3O4S2. The molecule has 0 aliphatic heterocycles. The average Bonchev–Trinajstić information content (AvgIpc) is 3.42. The molecule has 0 saturated heterocycles. The summed E-state index contributed by atoms with van der Waals surface area (Å²) in [6, 6.07) is 14.5. The van der Waals surface area contributed by atoms with E-state index in [1.54, 1.807) is 31.2 Å². The summed E-state index contributed by atoms with van der Waals surface area (Å²) in [6.45, 7) is 2.07. The van der Waals surface area contributed by atoms with Crippen LogP contribution in [0, 0.1) is 0 Å². The lowest BCUT2D eigenvalue weighted by atomic mass is 10.2. The fourth-order valence-electron chi connectivity index (χ4n) is 3.03. The molecule has 0 aliphatic carbocycles. The SMILES string of the molecule is CCOC(=O)c1ccc(NC(=O)CCCSc2nnc(-c3sc4ccccc4c3Cl)o2)cc1. The Morgan fingerprint density at radius 3 is 2.70 bits per heavy atom.